The Kier molecular flexibility index (Phi) is 6.01. The molecule has 13 heteroatoms. The molecule has 4 aromatic rings. The van der Waals surface area contributed by atoms with Crippen LogP contribution in [-0.2, 0) is 5.44 Å². The zero-order chi connectivity index (χ0) is 25.3. The molecule has 1 unspecified atom stereocenters. The highest BCUT2D eigenvalue weighted by Gasteiger charge is 2.33. The number of halogens is 3. The number of aromatic nitrogens is 3. The summed E-state index contributed by atoms with van der Waals surface area (Å²) in [7, 11) is 1.96. The first kappa shape index (κ1) is 23.3. The Morgan fingerprint density at radius 2 is 1.97 bits per heavy atom. The van der Waals surface area contributed by atoms with Crippen molar-refractivity contribution in [3.8, 4) is 6.07 Å². The lowest BCUT2D eigenvalue weighted by Crippen LogP contribution is -2.44. The maximum atomic E-state index is 13.8. The lowest BCUT2D eigenvalue weighted by atomic mass is 9.70. The molecule has 5 rings (SSSR count). The molecule has 1 aliphatic heterocycles. The highest BCUT2D eigenvalue weighted by atomic mass is 35.5. The van der Waals surface area contributed by atoms with Crippen LogP contribution in [0.2, 0.25) is 5.02 Å². The van der Waals surface area contributed by atoms with Crippen LogP contribution < -0.4 is 27.0 Å². The predicted molar refractivity (Wildman–Crippen MR) is 134 cm³/mol. The number of nitrogens with one attached hydrogen (secondary N) is 5. The topological polar surface area (TPSA) is 123 Å². The third-order valence-corrected chi connectivity index (χ3v) is 6.06. The quantitative estimate of drug-likeness (QED) is 0.200. The highest BCUT2D eigenvalue weighted by molar-refractivity contribution is 6.36. The van der Waals surface area contributed by atoms with Crippen LogP contribution in [-0.4, -0.2) is 22.8 Å². The van der Waals surface area contributed by atoms with Crippen LogP contribution in [0.4, 0.5) is 25.8 Å². The monoisotopic (exact) mass is 503 g/mol. The number of hydrogen-bond donors (Lipinski definition) is 5. The van der Waals surface area contributed by atoms with Crippen molar-refractivity contribution in [1.29, 1.82) is 5.26 Å². The Balaban J connectivity index is 1.63. The molecule has 0 bridgehead atoms. The van der Waals surface area contributed by atoms with E-state index in [4.69, 9.17) is 11.6 Å². The molecule has 1 aliphatic rings. The van der Waals surface area contributed by atoms with Crippen molar-refractivity contribution in [3.63, 3.8) is 0 Å². The molecule has 36 heavy (non-hydrogen) atoms. The van der Waals surface area contributed by atoms with Gasteiger partial charge in [0.2, 0.25) is 5.95 Å². The van der Waals surface area contributed by atoms with Crippen molar-refractivity contribution in [3.05, 3.63) is 94.9 Å². The molecule has 0 fully saturated rings. The standard InChI is InChI=1S/C23H17BClF2N9/c24-23(19-11-32-36-35-19,13-2-1-3-29-9-13)34-14-4-16-20(33-15-6-18(26)22(27)31-10-15)12(7-28)8-30-21(16)17(25)5-14/h1-6,8-11,32,34-36H,24H2,(H,30,33). The number of hydrazine groups is 2. The minimum atomic E-state index is -1.22. The van der Waals surface area contributed by atoms with E-state index in [1.54, 1.807) is 30.7 Å². The van der Waals surface area contributed by atoms with E-state index in [0.29, 0.717) is 27.3 Å². The van der Waals surface area contributed by atoms with Gasteiger partial charge in [-0.1, -0.05) is 17.7 Å². The molecule has 0 radical (unpaired) electrons. The Hall–Kier alpha value is -4.47. The summed E-state index contributed by atoms with van der Waals surface area (Å²) in [5, 5.41) is 17.0. The number of rotatable bonds is 6. The van der Waals surface area contributed by atoms with Gasteiger partial charge in [-0.05, 0) is 23.8 Å². The second-order valence-corrected chi connectivity index (χ2v) is 8.49. The van der Waals surface area contributed by atoms with Gasteiger partial charge in [0, 0.05) is 41.9 Å². The van der Waals surface area contributed by atoms with Gasteiger partial charge in [-0.15, -0.1) is 0 Å². The lowest BCUT2D eigenvalue weighted by Gasteiger charge is -2.33. The molecule has 4 heterocycles. The summed E-state index contributed by atoms with van der Waals surface area (Å²) in [5.41, 5.74) is 11.4. The molecule has 1 aromatic carbocycles. The van der Waals surface area contributed by atoms with E-state index >= 15 is 0 Å². The Bertz CT molecular complexity index is 1540. The number of nitriles is 1. The molecule has 178 valence electrons. The summed E-state index contributed by atoms with van der Waals surface area (Å²) in [4.78, 5) is 12.0. The summed E-state index contributed by atoms with van der Waals surface area (Å²) in [6, 6.07) is 10.3. The van der Waals surface area contributed by atoms with Gasteiger partial charge in [0.05, 0.1) is 44.8 Å². The average molecular weight is 504 g/mol. The van der Waals surface area contributed by atoms with Crippen LogP contribution in [0.5, 0.6) is 0 Å². The normalized spacial score (nSPS) is 14.2. The van der Waals surface area contributed by atoms with Gasteiger partial charge in [-0.3, -0.25) is 9.97 Å². The van der Waals surface area contributed by atoms with Crippen molar-refractivity contribution in [1.82, 2.24) is 31.3 Å². The first-order chi connectivity index (χ1) is 17.4. The number of hydrogen-bond acceptors (Lipinski definition) is 9. The van der Waals surface area contributed by atoms with Crippen LogP contribution in [0, 0.1) is 23.1 Å². The average Bonchev–Trinajstić information content (AvgIpc) is 3.43. The Morgan fingerprint density at radius 3 is 2.67 bits per heavy atom. The van der Waals surface area contributed by atoms with Gasteiger partial charge in [-0.25, -0.2) is 9.37 Å². The van der Waals surface area contributed by atoms with E-state index in [9.17, 15) is 14.0 Å². The lowest BCUT2D eigenvalue weighted by molar-refractivity contribution is 0.480. The molecule has 0 amide bonds. The maximum Gasteiger partial charge on any atom is 0.249 e. The number of nitrogens with zero attached hydrogens (tertiary/aromatic N) is 4. The molecule has 3 aromatic heterocycles. The minimum Gasteiger partial charge on any atom is -0.378 e. The van der Waals surface area contributed by atoms with Gasteiger partial charge < -0.3 is 21.5 Å². The fourth-order valence-corrected chi connectivity index (χ4v) is 4.21. The largest absolute Gasteiger partial charge is 0.378 e. The van der Waals surface area contributed by atoms with E-state index in [-0.39, 0.29) is 11.3 Å². The summed E-state index contributed by atoms with van der Waals surface area (Å²) in [6.07, 6.45) is 7.70. The second kappa shape index (κ2) is 9.29. The summed E-state index contributed by atoms with van der Waals surface area (Å²) >= 11 is 6.61. The van der Waals surface area contributed by atoms with Crippen molar-refractivity contribution in [2.24, 2.45) is 0 Å². The third-order valence-electron chi connectivity index (χ3n) is 5.77. The molecule has 5 N–H and O–H groups in total. The molecular weight excluding hydrogens is 487 g/mol. The number of fused-ring (bicyclic) bond motifs is 1. The van der Waals surface area contributed by atoms with Crippen LogP contribution >= 0.6 is 11.6 Å². The van der Waals surface area contributed by atoms with Crippen LogP contribution in [0.25, 0.3) is 10.9 Å². The smallest absolute Gasteiger partial charge is 0.249 e. The zero-order valence-corrected chi connectivity index (χ0v) is 19.5. The highest BCUT2D eigenvalue weighted by Crippen LogP contribution is 2.37. The molecule has 0 saturated heterocycles. The summed E-state index contributed by atoms with van der Waals surface area (Å²) in [5.74, 6) is -2.34. The van der Waals surface area contributed by atoms with Gasteiger partial charge >= 0.3 is 0 Å². The number of benzene rings is 1. The van der Waals surface area contributed by atoms with Crippen molar-refractivity contribution in [2.75, 3.05) is 10.6 Å². The van der Waals surface area contributed by atoms with E-state index in [1.807, 2.05) is 20.0 Å². The van der Waals surface area contributed by atoms with E-state index < -0.39 is 17.2 Å². The first-order valence-corrected chi connectivity index (χ1v) is 11.0. The van der Waals surface area contributed by atoms with Crippen molar-refractivity contribution >= 4 is 47.4 Å². The van der Waals surface area contributed by atoms with Crippen molar-refractivity contribution in [2.45, 2.75) is 5.44 Å². The maximum absolute atomic E-state index is 13.8. The van der Waals surface area contributed by atoms with Crippen LogP contribution in [0.1, 0.15) is 11.1 Å². The zero-order valence-electron chi connectivity index (χ0n) is 18.7. The van der Waals surface area contributed by atoms with Gasteiger partial charge in [0.25, 0.3) is 0 Å². The summed E-state index contributed by atoms with van der Waals surface area (Å²) in [6.45, 7) is 0. The van der Waals surface area contributed by atoms with Gasteiger partial charge in [0.15, 0.2) is 5.82 Å². The minimum absolute atomic E-state index is 0.157. The molecule has 1 atom stereocenters. The predicted octanol–water partition coefficient (Wildman–Crippen LogP) is 2.92. The Morgan fingerprint density at radius 1 is 1.11 bits per heavy atom. The molecule has 0 spiro atoms. The van der Waals surface area contributed by atoms with E-state index in [2.05, 4.69) is 48.0 Å². The second-order valence-electron chi connectivity index (χ2n) is 8.08. The van der Waals surface area contributed by atoms with Crippen molar-refractivity contribution < 1.29 is 8.78 Å². The Labute approximate surface area is 210 Å². The first-order valence-electron chi connectivity index (χ1n) is 10.7. The van der Waals surface area contributed by atoms with E-state index in [1.165, 1.54) is 6.20 Å². The van der Waals surface area contributed by atoms with E-state index in [0.717, 1.165) is 23.5 Å². The van der Waals surface area contributed by atoms with Gasteiger partial charge in [0.1, 0.15) is 13.9 Å². The number of pyridine rings is 3. The third kappa shape index (κ3) is 4.21. The van der Waals surface area contributed by atoms with Gasteiger partial charge in [-0.2, -0.15) is 15.2 Å². The molecular formula is C23H17BClF2N9. The van der Waals surface area contributed by atoms with Crippen LogP contribution in [0.15, 0.2) is 67.0 Å². The molecule has 0 aliphatic carbocycles. The fraction of sp³-hybridized carbons (Fsp3) is 0.0435. The fourth-order valence-electron chi connectivity index (χ4n) is 3.94. The summed E-state index contributed by atoms with van der Waals surface area (Å²) < 4.78 is 27.1. The molecule has 0 saturated carbocycles. The molecule has 9 nitrogen and oxygen atoms in total. The SMILES string of the molecule is BC(Nc1cc(Cl)c2ncc(C#N)c(Nc3cnc(F)c(F)c3)c2c1)(C1=CNNN1)c1cccnc1. The number of anilines is 3. The van der Waals surface area contributed by atoms with Crippen LogP contribution in [0.3, 0.4) is 0 Å².